The average Bonchev–Trinajstić information content (AvgIpc) is 2.91. The molecule has 9 heteroatoms. The zero-order valence-electron chi connectivity index (χ0n) is 14.4. The molecule has 2 heterocycles. The van der Waals surface area contributed by atoms with Crippen LogP contribution in [0.15, 0.2) is 14.5 Å². The molecule has 5 nitrogen and oxygen atoms in total. The van der Waals surface area contributed by atoms with E-state index in [2.05, 4.69) is 29.7 Å². The first-order valence-electron chi connectivity index (χ1n) is 8.13. The van der Waals surface area contributed by atoms with Crippen LogP contribution in [-0.2, 0) is 10.0 Å². The minimum Gasteiger partial charge on any atom is -0.309 e. The number of nitrogens with one attached hydrogen (secondary N) is 1. The summed E-state index contributed by atoms with van der Waals surface area (Å²) in [5.74, 6) is 1.79. The lowest BCUT2D eigenvalue weighted by Crippen LogP contribution is -2.36. The molecule has 0 saturated carbocycles. The number of sulfonamides is 1. The van der Waals surface area contributed by atoms with Crippen LogP contribution in [0.3, 0.4) is 0 Å². The van der Waals surface area contributed by atoms with Crippen molar-refractivity contribution in [3.05, 3.63) is 11.6 Å². The van der Waals surface area contributed by atoms with Crippen LogP contribution in [-0.4, -0.2) is 44.4 Å². The molecule has 1 atom stereocenters. The van der Waals surface area contributed by atoms with Crippen LogP contribution in [0.4, 0.5) is 0 Å². The van der Waals surface area contributed by atoms with Crippen molar-refractivity contribution in [2.24, 2.45) is 11.1 Å². The highest BCUT2D eigenvalue weighted by Gasteiger charge is 2.30. The van der Waals surface area contributed by atoms with Gasteiger partial charge in [-0.25, -0.2) is 17.9 Å². The van der Waals surface area contributed by atoms with E-state index in [-0.39, 0.29) is 10.3 Å². The smallest absolute Gasteiger partial charge is 0.247 e. The molecule has 138 valence electrons. The highest BCUT2D eigenvalue weighted by molar-refractivity contribution is 7.99. The minimum atomic E-state index is -3.64. The maximum Gasteiger partial charge on any atom is 0.247 e. The van der Waals surface area contributed by atoms with Crippen molar-refractivity contribution in [1.82, 2.24) is 9.62 Å². The van der Waals surface area contributed by atoms with Crippen molar-refractivity contribution in [2.45, 2.75) is 41.1 Å². The van der Waals surface area contributed by atoms with Crippen molar-refractivity contribution in [3.63, 3.8) is 0 Å². The Kier molecular flexibility index (Phi) is 7.92. The van der Waals surface area contributed by atoms with Crippen molar-refractivity contribution in [1.29, 1.82) is 0 Å². The number of rotatable bonds is 9. The van der Waals surface area contributed by atoms with E-state index < -0.39 is 10.0 Å². The van der Waals surface area contributed by atoms with Gasteiger partial charge in [0.15, 0.2) is 0 Å². The first kappa shape index (κ1) is 20.5. The summed E-state index contributed by atoms with van der Waals surface area (Å²) in [7, 11) is -3.64. The van der Waals surface area contributed by atoms with Crippen LogP contribution in [0.2, 0.25) is 0 Å². The third-order valence-corrected chi connectivity index (χ3v) is 8.35. The molecule has 1 aromatic heterocycles. The molecule has 3 N–H and O–H groups in total. The Balaban J connectivity index is 2.13. The summed E-state index contributed by atoms with van der Waals surface area (Å²) in [4.78, 5) is 0. The lowest BCUT2D eigenvalue weighted by molar-refractivity contribution is 0.368. The van der Waals surface area contributed by atoms with Gasteiger partial charge in [-0.2, -0.15) is 11.8 Å². The molecule has 0 aromatic carbocycles. The van der Waals surface area contributed by atoms with Crippen LogP contribution in [0.1, 0.15) is 38.3 Å². The number of thioether (sulfide) groups is 1. The topological polar surface area (TPSA) is 75.4 Å². The maximum atomic E-state index is 11.7. The first-order valence-corrected chi connectivity index (χ1v) is 12.7. The van der Waals surface area contributed by atoms with Gasteiger partial charge in [0, 0.05) is 19.1 Å². The summed E-state index contributed by atoms with van der Waals surface area (Å²) < 4.78 is 27.1. The van der Waals surface area contributed by atoms with E-state index in [1.807, 2.05) is 11.8 Å². The summed E-state index contributed by atoms with van der Waals surface area (Å²) in [6.45, 7) is 7.26. The minimum absolute atomic E-state index is 0.168. The van der Waals surface area contributed by atoms with Crippen LogP contribution in [0.25, 0.3) is 0 Å². The van der Waals surface area contributed by atoms with E-state index >= 15 is 0 Å². The molecule has 0 saturated heterocycles. The van der Waals surface area contributed by atoms with E-state index in [9.17, 15) is 8.42 Å². The molecule has 0 spiro atoms. The van der Waals surface area contributed by atoms with Crippen molar-refractivity contribution in [3.8, 4) is 0 Å². The molecular formula is C15H27N3O2S4. The molecule has 1 aliphatic heterocycles. The van der Waals surface area contributed by atoms with Crippen LogP contribution >= 0.6 is 35.0 Å². The Morgan fingerprint density at radius 1 is 1.50 bits per heavy atom. The van der Waals surface area contributed by atoms with Gasteiger partial charge in [0.05, 0.1) is 4.21 Å². The SMILES string of the molecule is CSCCCN1CC(NCCC(C)C)c2cc(S(N)(=O)=O)sc2S1. The van der Waals surface area contributed by atoms with Gasteiger partial charge in [-0.3, -0.25) is 0 Å². The van der Waals surface area contributed by atoms with Gasteiger partial charge < -0.3 is 5.32 Å². The lowest BCUT2D eigenvalue weighted by Gasteiger charge is -2.32. The van der Waals surface area contributed by atoms with E-state index in [0.29, 0.717) is 5.92 Å². The number of primary sulfonamides is 1. The fourth-order valence-corrected chi connectivity index (χ4v) is 6.51. The van der Waals surface area contributed by atoms with E-state index in [4.69, 9.17) is 5.14 Å². The van der Waals surface area contributed by atoms with Crippen LogP contribution < -0.4 is 10.5 Å². The fraction of sp³-hybridized carbons (Fsp3) is 0.733. The Morgan fingerprint density at radius 3 is 2.88 bits per heavy atom. The molecule has 1 aromatic rings. The highest BCUT2D eigenvalue weighted by atomic mass is 32.3. The number of thiophene rings is 1. The van der Waals surface area contributed by atoms with Gasteiger partial charge in [-0.05, 0) is 60.9 Å². The number of hydrogen-bond donors (Lipinski definition) is 2. The van der Waals surface area contributed by atoms with Crippen LogP contribution in [0.5, 0.6) is 0 Å². The Bertz CT molecular complexity index is 631. The molecule has 0 amide bonds. The van der Waals surface area contributed by atoms with Gasteiger partial charge >= 0.3 is 0 Å². The summed E-state index contributed by atoms with van der Waals surface area (Å²) in [5, 5.41) is 8.93. The van der Waals surface area contributed by atoms with Crippen molar-refractivity contribution >= 4 is 45.1 Å². The first-order chi connectivity index (χ1) is 11.3. The normalized spacial score (nSPS) is 19.0. The second kappa shape index (κ2) is 9.25. The van der Waals surface area contributed by atoms with E-state index in [1.165, 1.54) is 11.3 Å². The summed E-state index contributed by atoms with van der Waals surface area (Å²) in [5.41, 5.74) is 1.08. The monoisotopic (exact) mass is 409 g/mol. The van der Waals surface area contributed by atoms with Gasteiger partial charge in [-0.1, -0.05) is 13.8 Å². The van der Waals surface area contributed by atoms with Crippen molar-refractivity contribution < 1.29 is 8.42 Å². The molecule has 1 aliphatic rings. The Morgan fingerprint density at radius 2 is 2.25 bits per heavy atom. The third-order valence-electron chi connectivity index (χ3n) is 3.82. The van der Waals surface area contributed by atoms with Gasteiger partial charge in [0.25, 0.3) is 0 Å². The Labute approximate surface area is 158 Å². The fourth-order valence-electron chi connectivity index (χ4n) is 2.52. The molecule has 2 rings (SSSR count). The molecule has 0 radical (unpaired) electrons. The van der Waals surface area contributed by atoms with Crippen molar-refractivity contribution in [2.75, 3.05) is 31.6 Å². The summed E-state index contributed by atoms with van der Waals surface area (Å²) >= 11 is 4.82. The second-order valence-electron chi connectivity index (χ2n) is 6.37. The second-order valence-corrected chi connectivity index (χ2v) is 11.6. The summed E-state index contributed by atoms with van der Waals surface area (Å²) in [6, 6.07) is 1.93. The highest BCUT2D eigenvalue weighted by Crippen LogP contribution is 2.43. The quantitative estimate of drug-likeness (QED) is 0.482. The van der Waals surface area contributed by atoms with E-state index in [1.54, 1.807) is 18.0 Å². The predicted octanol–water partition coefficient (Wildman–Crippen LogP) is 3.15. The van der Waals surface area contributed by atoms with Crippen LogP contribution in [0, 0.1) is 5.92 Å². The molecule has 24 heavy (non-hydrogen) atoms. The third kappa shape index (κ3) is 5.89. The maximum absolute atomic E-state index is 11.7. The van der Waals surface area contributed by atoms with Gasteiger partial charge in [-0.15, -0.1) is 11.3 Å². The standard InChI is InChI=1S/C15H27N3O2S4/c1-11(2)5-6-17-13-10-18(7-4-8-21-3)23-15-12(13)9-14(22-15)24(16,19)20/h9,11,13,17H,4-8,10H2,1-3H3,(H2,16,19,20). The molecular weight excluding hydrogens is 382 g/mol. The zero-order chi connectivity index (χ0) is 17.7. The summed E-state index contributed by atoms with van der Waals surface area (Å²) in [6.07, 6.45) is 4.36. The Hall–Kier alpha value is 0.230. The predicted molar refractivity (Wildman–Crippen MR) is 106 cm³/mol. The number of nitrogens with two attached hydrogens (primary N) is 1. The number of fused-ring (bicyclic) bond motifs is 1. The van der Waals surface area contributed by atoms with Gasteiger partial charge in [0.1, 0.15) is 4.21 Å². The zero-order valence-corrected chi connectivity index (χ0v) is 17.7. The largest absolute Gasteiger partial charge is 0.309 e. The number of hydrogen-bond acceptors (Lipinski definition) is 7. The molecule has 0 fully saturated rings. The lowest BCUT2D eigenvalue weighted by atomic mass is 10.1. The van der Waals surface area contributed by atoms with E-state index in [0.717, 1.165) is 48.0 Å². The van der Waals surface area contributed by atoms with Gasteiger partial charge in [0.2, 0.25) is 10.0 Å². The molecule has 0 bridgehead atoms. The average molecular weight is 410 g/mol. The number of nitrogens with zero attached hydrogens (tertiary/aromatic N) is 1. The molecule has 1 unspecified atom stereocenters. The molecule has 0 aliphatic carbocycles.